The lowest BCUT2D eigenvalue weighted by atomic mass is 9.97. The summed E-state index contributed by atoms with van der Waals surface area (Å²) >= 11 is 0. The van der Waals surface area contributed by atoms with E-state index in [1.54, 1.807) is 4.90 Å². The highest BCUT2D eigenvalue weighted by Gasteiger charge is 2.31. The molecule has 1 aromatic carbocycles. The first-order valence-corrected chi connectivity index (χ1v) is 10.5. The maximum atomic E-state index is 12.9. The minimum atomic E-state index is -0.473. The summed E-state index contributed by atoms with van der Waals surface area (Å²) in [6, 6.07) is 6.28. The van der Waals surface area contributed by atoms with Crippen LogP contribution >= 0.6 is 0 Å². The third-order valence-electron chi connectivity index (χ3n) is 5.73. The number of hydrogen-bond acceptors (Lipinski definition) is 4. The predicted molar refractivity (Wildman–Crippen MR) is 109 cm³/mol. The minimum Gasteiger partial charge on any atom is -0.444 e. The molecule has 6 heteroatoms. The maximum absolute atomic E-state index is 12.9. The number of benzene rings is 1. The molecule has 1 saturated carbocycles. The Balaban J connectivity index is 1.40. The van der Waals surface area contributed by atoms with Crippen LogP contribution in [-0.2, 0) is 11.2 Å². The lowest BCUT2D eigenvalue weighted by molar-refractivity contribution is 0.0240. The van der Waals surface area contributed by atoms with Crippen LogP contribution in [0.15, 0.2) is 18.2 Å². The minimum absolute atomic E-state index is 0.183. The molecule has 2 heterocycles. The Hall–Kier alpha value is -2.24. The van der Waals surface area contributed by atoms with Crippen LogP contribution in [0.2, 0.25) is 0 Å². The molecule has 4 rings (SSSR count). The number of nitrogens with zero attached hydrogens (tertiary/aromatic N) is 3. The Morgan fingerprint density at radius 2 is 1.82 bits per heavy atom. The van der Waals surface area contributed by atoms with Crippen LogP contribution in [0.4, 0.5) is 10.5 Å². The number of ether oxygens (including phenoxy) is 1. The Labute approximate surface area is 167 Å². The summed E-state index contributed by atoms with van der Waals surface area (Å²) in [7, 11) is 0. The molecule has 0 radical (unpaired) electrons. The van der Waals surface area contributed by atoms with Gasteiger partial charge in [-0.05, 0) is 63.6 Å². The quantitative estimate of drug-likeness (QED) is 0.802. The van der Waals surface area contributed by atoms with Gasteiger partial charge in [0, 0.05) is 50.5 Å². The first-order valence-electron chi connectivity index (χ1n) is 10.5. The van der Waals surface area contributed by atoms with Gasteiger partial charge in [-0.1, -0.05) is 6.07 Å². The average Bonchev–Trinajstić information content (AvgIpc) is 3.47. The van der Waals surface area contributed by atoms with Crippen LogP contribution in [0.3, 0.4) is 0 Å². The third-order valence-corrected chi connectivity index (χ3v) is 5.73. The summed E-state index contributed by atoms with van der Waals surface area (Å²) in [5.74, 6) is 0.900. The number of carbonyl (C=O) groups is 2. The Morgan fingerprint density at radius 1 is 1.11 bits per heavy atom. The molecule has 152 valence electrons. The van der Waals surface area contributed by atoms with Gasteiger partial charge >= 0.3 is 6.09 Å². The van der Waals surface area contributed by atoms with Crippen molar-refractivity contribution in [1.82, 2.24) is 9.80 Å². The van der Waals surface area contributed by atoms with Gasteiger partial charge in [-0.25, -0.2) is 4.79 Å². The molecular weight excluding hydrogens is 354 g/mol. The molecule has 2 amide bonds. The van der Waals surface area contributed by atoms with Gasteiger partial charge in [0.25, 0.3) is 5.91 Å². The molecule has 0 N–H and O–H groups in total. The summed E-state index contributed by atoms with van der Waals surface area (Å²) < 4.78 is 5.47. The summed E-state index contributed by atoms with van der Waals surface area (Å²) in [6.07, 6.45) is 3.22. The highest BCUT2D eigenvalue weighted by Crippen LogP contribution is 2.32. The van der Waals surface area contributed by atoms with Crippen molar-refractivity contribution in [3.8, 4) is 0 Å². The van der Waals surface area contributed by atoms with Crippen molar-refractivity contribution in [3.63, 3.8) is 0 Å². The number of carbonyl (C=O) groups excluding carboxylic acids is 2. The van der Waals surface area contributed by atoms with E-state index in [0.717, 1.165) is 55.3 Å². The van der Waals surface area contributed by atoms with E-state index in [2.05, 4.69) is 23.1 Å². The van der Waals surface area contributed by atoms with E-state index in [0.29, 0.717) is 13.1 Å². The second-order valence-electron chi connectivity index (χ2n) is 9.24. The fraction of sp³-hybridized carbons (Fsp3) is 0.636. The fourth-order valence-electron chi connectivity index (χ4n) is 3.97. The van der Waals surface area contributed by atoms with Crippen LogP contribution in [0, 0.1) is 5.92 Å². The molecule has 0 bridgehead atoms. The normalized spacial score (nSPS) is 20.2. The zero-order chi connectivity index (χ0) is 19.9. The van der Waals surface area contributed by atoms with Crippen LogP contribution in [-0.4, -0.2) is 66.7 Å². The molecule has 1 saturated heterocycles. The molecule has 3 aliphatic rings. The van der Waals surface area contributed by atoms with E-state index in [4.69, 9.17) is 4.74 Å². The molecule has 1 aromatic rings. The number of hydrogen-bond donors (Lipinski definition) is 0. The van der Waals surface area contributed by atoms with Crippen LogP contribution in [0.1, 0.15) is 49.5 Å². The van der Waals surface area contributed by atoms with E-state index in [1.165, 1.54) is 12.8 Å². The van der Waals surface area contributed by atoms with Gasteiger partial charge in [0.1, 0.15) is 5.60 Å². The van der Waals surface area contributed by atoms with Gasteiger partial charge < -0.3 is 19.4 Å². The highest BCUT2D eigenvalue weighted by atomic mass is 16.6. The first-order chi connectivity index (χ1) is 13.3. The van der Waals surface area contributed by atoms with Crippen molar-refractivity contribution in [1.29, 1.82) is 0 Å². The van der Waals surface area contributed by atoms with Gasteiger partial charge in [0.2, 0.25) is 0 Å². The SMILES string of the molecule is CC(C)(C)OC(=O)N1CCN(c2ccc3c(c2)C(=O)N(CC2CC2)CC3)CC1. The molecule has 0 unspecified atom stereocenters. The van der Waals surface area contributed by atoms with Crippen molar-refractivity contribution < 1.29 is 14.3 Å². The Kier molecular flexibility index (Phi) is 4.98. The first kappa shape index (κ1) is 19.1. The van der Waals surface area contributed by atoms with Crippen molar-refractivity contribution in [2.24, 2.45) is 5.92 Å². The molecule has 0 aromatic heterocycles. The van der Waals surface area contributed by atoms with E-state index in [1.807, 2.05) is 25.7 Å². The topological polar surface area (TPSA) is 53.1 Å². The van der Waals surface area contributed by atoms with E-state index >= 15 is 0 Å². The molecular formula is C22H31N3O3. The number of piperazine rings is 1. The number of anilines is 1. The third kappa shape index (κ3) is 4.26. The van der Waals surface area contributed by atoms with Gasteiger partial charge in [-0.2, -0.15) is 0 Å². The van der Waals surface area contributed by atoms with Gasteiger partial charge in [0.05, 0.1) is 0 Å². The molecule has 2 fully saturated rings. The monoisotopic (exact) mass is 385 g/mol. The summed E-state index contributed by atoms with van der Waals surface area (Å²) in [5.41, 5.74) is 2.62. The van der Waals surface area contributed by atoms with E-state index in [9.17, 15) is 9.59 Å². The van der Waals surface area contributed by atoms with Crippen molar-refractivity contribution in [2.45, 2.75) is 45.6 Å². The van der Waals surface area contributed by atoms with Crippen LogP contribution < -0.4 is 4.90 Å². The van der Waals surface area contributed by atoms with Gasteiger partial charge in [0.15, 0.2) is 0 Å². The molecule has 28 heavy (non-hydrogen) atoms. The van der Waals surface area contributed by atoms with E-state index in [-0.39, 0.29) is 12.0 Å². The number of amides is 2. The zero-order valence-electron chi connectivity index (χ0n) is 17.2. The number of fused-ring (bicyclic) bond motifs is 1. The second kappa shape index (κ2) is 7.30. The Bertz CT molecular complexity index is 759. The second-order valence-corrected chi connectivity index (χ2v) is 9.24. The smallest absolute Gasteiger partial charge is 0.410 e. The zero-order valence-corrected chi connectivity index (χ0v) is 17.2. The molecule has 0 spiro atoms. The average molecular weight is 386 g/mol. The summed E-state index contributed by atoms with van der Waals surface area (Å²) in [4.78, 5) is 31.2. The summed E-state index contributed by atoms with van der Waals surface area (Å²) in [5, 5.41) is 0. The van der Waals surface area contributed by atoms with Crippen molar-refractivity contribution >= 4 is 17.7 Å². The fourth-order valence-corrected chi connectivity index (χ4v) is 3.97. The number of rotatable bonds is 3. The Morgan fingerprint density at radius 3 is 2.46 bits per heavy atom. The lowest BCUT2D eigenvalue weighted by Crippen LogP contribution is -2.50. The van der Waals surface area contributed by atoms with Crippen molar-refractivity contribution in [2.75, 3.05) is 44.2 Å². The van der Waals surface area contributed by atoms with Crippen molar-refractivity contribution in [3.05, 3.63) is 29.3 Å². The largest absolute Gasteiger partial charge is 0.444 e. The van der Waals surface area contributed by atoms with Gasteiger partial charge in [-0.15, -0.1) is 0 Å². The van der Waals surface area contributed by atoms with Gasteiger partial charge in [-0.3, -0.25) is 4.79 Å². The highest BCUT2D eigenvalue weighted by molar-refractivity contribution is 5.97. The molecule has 6 nitrogen and oxygen atoms in total. The van der Waals surface area contributed by atoms with Crippen LogP contribution in [0.5, 0.6) is 0 Å². The molecule has 0 atom stereocenters. The van der Waals surface area contributed by atoms with E-state index < -0.39 is 5.60 Å². The molecule has 1 aliphatic carbocycles. The standard InChI is InChI=1S/C22H31N3O3/c1-22(2,3)28-21(27)24-12-10-23(11-13-24)18-7-6-17-8-9-25(15-16-4-5-16)20(26)19(17)14-18/h6-7,14,16H,4-5,8-13,15H2,1-3H3. The predicted octanol–water partition coefficient (Wildman–Crippen LogP) is 3.15. The lowest BCUT2D eigenvalue weighted by Gasteiger charge is -2.37. The summed E-state index contributed by atoms with van der Waals surface area (Å²) in [6.45, 7) is 10.2. The maximum Gasteiger partial charge on any atom is 0.410 e. The molecule has 2 aliphatic heterocycles. The van der Waals surface area contributed by atoms with Crippen LogP contribution in [0.25, 0.3) is 0 Å².